The summed E-state index contributed by atoms with van der Waals surface area (Å²) in [7, 11) is 0. The number of nitrogens with zero attached hydrogens (tertiary/aromatic N) is 1. The zero-order chi connectivity index (χ0) is 11.5. The van der Waals surface area contributed by atoms with Crippen LogP contribution in [0.4, 0.5) is 0 Å². The van der Waals surface area contributed by atoms with E-state index in [1.165, 1.54) is 15.3 Å². The molecule has 1 N–H and O–H groups in total. The minimum Gasteiger partial charge on any atom is -0.364 e. The molecule has 2 aromatic heterocycles. The van der Waals surface area contributed by atoms with Gasteiger partial charge in [-0.05, 0) is 32.4 Å². The first kappa shape index (κ1) is 11.4. The average Bonchev–Trinajstić information content (AvgIpc) is 2.84. The van der Waals surface area contributed by atoms with E-state index >= 15 is 0 Å². The normalized spacial score (nSPS) is 12.9. The van der Waals surface area contributed by atoms with Crippen LogP contribution in [0.1, 0.15) is 34.0 Å². The van der Waals surface area contributed by atoms with E-state index in [4.69, 9.17) is 4.52 Å². The van der Waals surface area contributed by atoms with Gasteiger partial charge in [-0.3, -0.25) is 0 Å². The van der Waals surface area contributed by atoms with Gasteiger partial charge in [0.15, 0.2) is 0 Å². The summed E-state index contributed by atoms with van der Waals surface area (Å²) in [5, 5.41) is 7.31. The van der Waals surface area contributed by atoms with E-state index in [1.54, 1.807) is 6.26 Å². The van der Waals surface area contributed by atoms with Gasteiger partial charge in [-0.1, -0.05) is 5.16 Å². The van der Waals surface area contributed by atoms with E-state index in [9.17, 15) is 0 Å². The summed E-state index contributed by atoms with van der Waals surface area (Å²) in [6, 6.07) is 4.48. The number of rotatable bonds is 4. The maximum atomic E-state index is 4.79. The fraction of sp³-hybridized carbons (Fsp3) is 0.417. The first-order valence-corrected chi connectivity index (χ1v) is 6.18. The lowest BCUT2D eigenvalue weighted by Gasteiger charge is -2.12. The Hall–Kier alpha value is -1.13. The molecule has 0 saturated heterocycles. The summed E-state index contributed by atoms with van der Waals surface area (Å²) in [5.74, 6) is 0. The Kier molecular flexibility index (Phi) is 3.41. The highest BCUT2D eigenvalue weighted by atomic mass is 32.1. The molecule has 0 amide bonds. The third kappa shape index (κ3) is 2.51. The standard InChI is InChI=1S/C12H16N2OS/c1-8-6-12(10(3)16-8)9(2)13-7-11-4-5-15-14-11/h4-6,9,13H,7H2,1-3H3. The van der Waals surface area contributed by atoms with Crippen molar-refractivity contribution in [2.75, 3.05) is 0 Å². The van der Waals surface area contributed by atoms with Crippen LogP contribution in [0.3, 0.4) is 0 Å². The molecule has 0 spiro atoms. The third-order valence-electron chi connectivity index (χ3n) is 2.63. The average molecular weight is 236 g/mol. The highest BCUT2D eigenvalue weighted by Gasteiger charge is 2.10. The van der Waals surface area contributed by atoms with Crippen molar-refractivity contribution >= 4 is 11.3 Å². The topological polar surface area (TPSA) is 38.1 Å². The lowest BCUT2D eigenvalue weighted by molar-refractivity contribution is 0.406. The SMILES string of the molecule is Cc1cc(C(C)NCc2ccon2)c(C)s1. The van der Waals surface area contributed by atoms with Crippen molar-refractivity contribution in [2.24, 2.45) is 0 Å². The second-order valence-electron chi connectivity index (χ2n) is 3.96. The fourth-order valence-electron chi connectivity index (χ4n) is 1.78. The van der Waals surface area contributed by atoms with Gasteiger partial charge in [-0.25, -0.2) is 0 Å². The van der Waals surface area contributed by atoms with Gasteiger partial charge >= 0.3 is 0 Å². The minimum atomic E-state index is 0.349. The molecular weight excluding hydrogens is 220 g/mol. The molecule has 0 saturated carbocycles. The molecule has 16 heavy (non-hydrogen) atoms. The van der Waals surface area contributed by atoms with Crippen molar-refractivity contribution in [2.45, 2.75) is 33.4 Å². The van der Waals surface area contributed by atoms with Crippen LogP contribution in [0.5, 0.6) is 0 Å². The monoisotopic (exact) mass is 236 g/mol. The van der Waals surface area contributed by atoms with Crippen LogP contribution in [-0.2, 0) is 6.54 Å². The summed E-state index contributed by atoms with van der Waals surface area (Å²) < 4.78 is 4.79. The molecule has 0 aliphatic rings. The molecule has 0 aliphatic carbocycles. The van der Waals surface area contributed by atoms with Gasteiger partial charge in [0.2, 0.25) is 0 Å². The number of nitrogens with one attached hydrogen (secondary N) is 1. The summed E-state index contributed by atoms with van der Waals surface area (Å²) in [4.78, 5) is 2.75. The Morgan fingerprint density at radius 1 is 1.50 bits per heavy atom. The molecule has 0 aliphatic heterocycles. The number of thiophene rings is 1. The van der Waals surface area contributed by atoms with Crippen LogP contribution in [0.2, 0.25) is 0 Å². The quantitative estimate of drug-likeness (QED) is 0.885. The van der Waals surface area contributed by atoms with Gasteiger partial charge < -0.3 is 9.84 Å². The summed E-state index contributed by atoms with van der Waals surface area (Å²) >= 11 is 1.85. The lowest BCUT2D eigenvalue weighted by atomic mass is 10.1. The summed E-state index contributed by atoms with van der Waals surface area (Å²) in [6.45, 7) is 7.23. The van der Waals surface area contributed by atoms with Crippen LogP contribution >= 0.6 is 11.3 Å². The van der Waals surface area contributed by atoms with E-state index in [0.29, 0.717) is 6.04 Å². The van der Waals surface area contributed by atoms with E-state index in [2.05, 4.69) is 37.3 Å². The smallest absolute Gasteiger partial charge is 0.124 e. The molecule has 2 heterocycles. The molecule has 0 fully saturated rings. The van der Waals surface area contributed by atoms with Crippen LogP contribution in [0.15, 0.2) is 22.9 Å². The highest BCUT2D eigenvalue weighted by Crippen LogP contribution is 2.26. The van der Waals surface area contributed by atoms with E-state index in [1.807, 2.05) is 17.4 Å². The molecule has 2 rings (SSSR count). The van der Waals surface area contributed by atoms with Crippen molar-refractivity contribution in [1.29, 1.82) is 0 Å². The Morgan fingerprint density at radius 2 is 2.31 bits per heavy atom. The second-order valence-corrected chi connectivity index (χ2v) is 5.42. The molecule has 0 radical (unpaired) electrons. The molecular formula is C12H16N2OS. The van der Waals surface area contributed by atoms with Crippen molar-refractivity contribution in [3.8, 4) is 0 Å². The molecule has 2 aromatic rings. The van der Waals surface area contributed by atoms with Gasteiger partial charge in [0.1, 0.15) is 6.26 Å². The molecule has 0 aromatic carbocycles. The number of aryl methyl sites for hydroxylation is 2. The lowest BCUT2D eigenvalue weighted by Crippen LogP contribution is -2.18. The summed E-state index contributed by atoms with van der Waals surface area (Å²) in [6.07, 6.45) is 1.60. The molecule has 0 bridgehead atoms. The van der Waals surface area contributed by atoms with Crippen molar-refractivity contribution in [3.63, 3.8) is 0 Å². The number of hydrogen-bond donors (Lipinski definition) is 1. The van der Waals surface area contributed by atoms with Crippen molar-refractivity contribution in [3.05, 3.63) is 39.4 Å². The summed E-state index contributed by atoms with van der Waals surface area (Å²) in [5.41, 5.74) is 2.32. The Bertz CT molecular complexity index is 448. The Morgan fingerprint density at radius 3 is 2.88 bits per heavy atom. The first-order valence-electron chi connectivity index (χ1n) is 5.36. The maximum Gasteiger partial charge on any atom is 0.124 e. The zero-order valence-corrected chi connectivity index (χ0v) is 10.6. The van der Waals surface area contributed by atoms with Crippen LogP contribution in [0, 0.1) is 13.8 Å². The molecule has 1 unspecified atom stereocenters. The van der Waals surface area contributed by atoms with Gasteiger partial charge in [0.05, 0.1) is 5.69 Å². The van der Waals surface area contributed by atoms with Crippen molar-refractivity contribution in [1.82, 2.24) is 10.5 Å². The molecule has 3 nitrogen and oxygen atoms in total. The van der Waals surface area contributed by atoms with Crippen LogP contribution < -0.4 is 5.32 Å². The molecule has 1 atom stereocenters. The van der Waals surface area contributed by atoms with Crippen molar-refractivity contribution < 1.29 is 4.52 Å². The predicted molar refractivity (Wildman–Crippen MR) is 65.6 cm³/mol. The third-order valence-corrected chi connectivity index (χ3v) is 3.61. The fourth-order valence-corrected chi connectivity index (χ4v) is 2.80. The maximum absolute atomic E-state index is 4.79. The Balaban J connectivity index is 1.98. The highest BCUT2D eigenvalue weighted by molar-refractivity contribution is 7.12. The number of aromatic nitrogens is 1. The first-order chi connectivity index (χ1) is 7.66. The van der Waals surface area contributed by atoms with E-state index < -0.39 is 0 Å². The van der Waals surface area contributed by atoms with Gasteiger partial charge in [0, 0.05) is 28.4 Å². The number of hydrogen-bond acceptors (Lipinski definition) is 4. The van der Waals surface area contributed by atoms with Gasteiger partial charge in [-0.15, -0.1) is 11.3 Å². The van der Waals surface area contributed by atoms with Gasteiger partial charge in [-0.2, -0.15) is 0 Å². The van der Waals surface area contributed by atoms with Crippen LogP contribution in [-0.4, -0.2) is 5.16 Å². The second kappa shape index (κ2) is 4.80. The van der Waals surface area contributed by atoms with Crippen LogP contribution in [0.25, 0.3) is 0 Å². The van der Waals surface area contributed by atoms with Gasteiger partial charge in [0.25, 0.3) is 0 Å². The predicted octanol–water partition coefficient (Wildman–Crippen LogP) is 3.20. The minimum absolute atomic E-state index is 0.349. The molecule has 4 heteroatoms. The van der Waals surface area contributed by atoms with E-state index in [-0.39, 0.29) is 0 Å². The van der Waals surface area contributed by atoms with E-state index in [0.717, 1.165) is 12.2 Å². The largest absolute Gasteiger partial charge is 0.364 e. The Labute approximate surface area is 99.5 Å². The zero-order valence-electron chi connectivity index (χ0n) is 9.78. The molecule has 86 valence electrons.